The fourth-order valence-corrected chi connectivity index (χ4v) is 3.73. The van der Waals surface area contributed by atoms with Crippen molar-refractivity contribution in [3.63, 3.8) is 0 Å². The minimum absolute atomic E-state index is 0.0487. The van der Waals surface area contributed by atoms with Crippen LogP contribution in [0.25, 0.3) is 11.1 Å². The standard InChI is InChI=1S/C24H23F3N2O5/c1-14(21(30)29-20(22(31)32)12-24(25,26)27)10-11-28-23(33)34-13-19-17-8-4-2-6-15(17)16-7-3-5-9-18(16)19/h2-10,19-20H,11-13H2,1H3,(H,28,33)(H,29,30)(H,31,32)/b14-10+. The Hall–Kier alpha value is -3.82. The Balaban J connectivity index is 1.52. The Morgan fingerprint density at radius 2 is 1.62 bits per heavy atom. The van der Waals surface area contributed by atoms with Gasteiger partial charge in [-0.05, 0) is 29.2 Å². The van der Waals surface area contributed by atoms with Crippen molar-refractivity contribution in [2.75, 3.05) is 13.2 Å². The molecule has 0 saturated heterocycles. The SMILES string of the molecule is C/C(=C\CNC(=O)OCC1c2ccccc2-c2ccccc21)C(=O)NC(CC(F)(F)F)C(=O)O. The van der Waals surface area contributed by atoms with Gasteiger partial charge in [-0.25, -0.2) is 9.59 Å². The maximum atomic E-state index is 12.5. The van der Waals surface area contributed by atoms with Gasteiger partial charge in [0.2, 0.25) is 5.91 Å². The number of carboxylic acids is 1. The number of hydrogen-bond acceptors (Lipinski definition) is 4. The number of hydrogen-bond donors (Lipinski definition) is 3. The fraction of sp³-hybridized carbons (Fsp3) is 0.292. The number of fused-ring (bicyclic) bond motifs is 3. The van der Waals surface area contributed by atoms with Crippen LogP contribution in [0, 0.1) is 0 Å². The highest BCUT2D eigenvalue weighted by atomic mass is 19.4. The summed E-state index contributed by atoms with van der Waals surface area (Å²) in [7, 11) is 0. The minimum atomic E-state index is -4.75. The number of amides is 2. The lowest BCUT2D eigenvalue weighted by molar-refractivity contribution is -0.159. The van der Waals surface area contributed by atoms with Crippen molar-refractivity contribution < 1.29 is 37.4 Å². The number of carboxylic acid groups (broad SMARTS) is 1. The molecule has 180 valence electrons. The average molecular weight is 476 g/mol. The van der Waals surface area contributed by atoms with E-state index in [0.717, 1.165) is 22.3 Å². The summed E-state index contributed by atoms with van der Waals surface area (Å²) in [5, 5.41) is 13.1. The van der Waals surface area contributed by atoms with Gasteiger partial charge in [-0.15, -0.1) is 0 Å². The summed E-state index contributed by atoms with van der Waals surface area (Å²) in [6, 6.07) is 13.6. The molecule has 0 aliphatic heterocycles. The largest absolute Gasteiger partial charge is 0.480 e. The number of aliphatic carboxylic acids is 1. The number of carbonyl (C=O) groups excluding carboxylic acids is 2. The maximum absolute atomic E-state index is 12.5. The first-order chi connectivity index (χ1) is 16.1. The number of alkyl halides is 3. The predicted molar refractivity (Wildman–Crippen MR) is 117 cm³/mol. The number of benzene rings is 2. The molecular formula is C24H23F3N2O5. The first kappa shape index (κ1) is 24.8. The summed E-state index contributed by atoms with van der Waals surface area (Å²) in [5.74, 6) is -2.90. The van der Waals surface area contributed by atoms with Gasteiger partial charge in [0, 0.05) is 18.0 Å². The second-order valence-corrected chi connectivity index (χ2v) is 7.78. The first-order valence-electron chi connectivity index (χ1n) is 10.4. The first-order valence-corrected chi connectivity index (χ1v) is 10.4. The highest BCUT2D eigenvalue weighted by Gasteiger charge is 2.36. The quantitative estimate of drug-likeness (QED) is 0.500. The van der Waals surface area contributed by atoms with Crippen LogP contribution in [-0.4, -0.2) is 48.4 Å². The molecule has 0 saturated carbocycles. The zero-order valence-corrected chi connectivity index (χ0v) is 18.2. The van der Waals surface area contributed by atoms with E-state index in [1.807, 2.05) is 53.8 Å². The van der Waals surface area contributed by atoms with E-state index in [-0.39, 0.29) is 24.6 Å². The van der Waals surface area contributed by atoms with Gasteiger partial charge in [-0.3, -0.25) is 4.79 Å². The molecule has 1 atom stereocenters. The van der Waals surface area contributed by atoms with Crippen LogP contribution in [0.15, 0.2) is 60.2 Å². The molecule has 0 bridgehead atoms. The second kappa shape index (κ2) is 10.4. The highest BCUT2D eigenvalue weighted by molar-refractivity contribution is 5.95. The number of ether oxygens (including phenoxy) is 1. The molecule has 3 N–H and O–H groups in total. The van der Waals surface area contributed by atoms with Crippen LogP contribution >= 0.6 is 0 Å². The molecular weight excluding hydrogens is 453 g/mol. The second-order valence-electron chi connectivity index (χ2n) is 7.78. The van der Waals surface area contributed by atoms with Gasteiger partial charge in [0.1, 0.15) is 12.6 Å². The molecule has 3 rings (SSSR count). The topological polar surface area (TPSA) is 105 Å². The van der Waals surface area contributed by atoms with E-state index in [1.54, 1.807) is 0 Å². The summed E-state index contributed by atoms with van der Waals surface area (Å²) in [5.41, 5.74) is 4.22. The third kappa shape index (κ3) is 6.15. The lowest BCUT2D eigenvalue weighted by atomic mass is 9.98. The van der Waals surface area contributed by atoms with Crippen molar-refractivity contribution in [3.8, 4) is 11.1 Å². The number of rotatable bonds is 8. The molecule has 2 aromatic carbocycles. The molecule has 0 heterocycles. The molecule has 0 spiro atoms. The van der Waals surface area contributed by atoms with Crippen molar-refractivity contribution in [3.05, 3.63) is 71.3 Å². The predicted octanol–water partition coefficient (Wildman–Crippen LogP) is 3.99. The van der Waals surface area contributed by atoms with Crippen molar-refractivity contribution in [1.29, 1.82) is 0 Å². The van der Waals surface area contributed by atoms with E-state index >= 15 is 0 Å². The highest BCUT2D eigenvalue weighted by Crippen LogP contribution is 2.44. The van der Waals surface area contributed by atoms with Gasteiger partial charge < -0.3 is 20.5 Å². The van der Waals surface area contributed by atoms with E-state index in [2.05, 4.69) is 5.32 Å². The normalized spacial score (nSPS) is 14.1. The molecule has 2 aromatic rings. The Morgan fingerprint density at radius 1 is 1.06 bits per heavy atom. The lowest BCUT2D eigenvalue weighted by Gasteiger charge is -2.16. The molecule has 34 heavy (non-hydrogen) atoms. The van der Waals surface area contributed by atoms with Gasteiger partial charge >= 0.3 is 18.2 Å². The van der Waals surface area contributed by atoms with E-state index in [4.69, 9.17) is 9.84 Å². The Labute approximate surface area is 193 Å². The van der Waals surface area contributed by atoms with E-state index in [9.17, 15) is 27.6 Å². The van der Waals surface area contributed by atoms with Crippen molar-refractivity contribution in [1.82, 2.24) is 10.6 Å². The lowest BCUT2D eigenvalue weighted by Crippen LogP contribution is -2.44. The molecule has 1 aliphatic rings. The van der Waals surface area contributed by atoms with Crippen LogP contribution < -0.4 is 10.6 Å². The smallest absolute Gasteiger partial charge is 0.407 e. The molecule has 1 unspecified atom stereocenters. The van der Waals surface area contributed by atoms with Gasteiger partial charge in [0.05, 0.1) is 6.42 Å². The molecule has 7 nitrogen and oxygen atoms in total. The fourth-order valence-electron chi connectivity index (χ4n) is 3.73. The van der Waals surface area contributed by atoms with Gasteiger partial charge in [-0.1, -0.05) is 54.6 Å². The maximum Gasteiger partial charge on any atom is 0.407 e. The molecule has 2 amide bonds. The number of nitrogens with one attached hydrogen (secondary N) is 2. The Bertz CT molecular complexity index is 1070. The van der Waals surface area contributed by atoms with Crippen molar-refractivity contribution >= 4 is 18.0 Å². The molecule has 0 radical (unpaired) electrons. The van der Waals surface area contributed by atoms with E-state index in [1.165, 1.54) is 13.0 Å². The Kier molecular flexibility index (Phi) is 7.60. The van der Waals surface area contributed by atoms with E-state index in [0.29, 0.717) is 0 Å². The average Bonchev–Trinajstić information content (AvgIpc) is 3.10. The third-order valence-corrected chi connectivity index (χ3v) is 5.40. The molecule has 1 aliphatic carbocycles. The summed E-state index contributed by atoms with van der Waals surface area (Å²) in [6.45, 7) is 1.26. The summed E-state index contributed by atoms with van der Waals surface area (Å²) in [6.07, 6.45) is -5.92. The molecule has 0 fully saturated rings. The van der Waals surface area contributed by atoms with Crippen LogP contribution in [0.4, 0.5) is 18.0 Å². The van der Waals surface area contributed by atoms with E-state index < -0.39 is 36.6 Å². The van der Waals surface area contributed by atoms with Gasteiger partial charge in [-0.2, -0.15) is 13.2 Å². The van der Waals surface area contributed by atoms with Crippen LogP contribution in [-0.2, 0) is 14.3 Å². The third-order valence-electron chi connectivity index (χ3n) is 5.40. The summed E-state index contributed by atoms with van der Waals surface area (Å²) >= 11 is 0. The van der Waals surface area contributed by atoms with Crippen LogP contribution in [0.1, 0.15) is 30.4 Å². The van der Waals surface area contributed by atoms with Gasteiger partial charge in [0.15, 0.2) is 0 Å². The zero-order valence-electron chi connectivity index (χ0n) is 18.2. The summed E-state index contributed by atoms with van der Waals surface area (Å²) < 4.78 is 42.8. The molecule has 10 heteroatoms. The van der Waals surface area contributed by atoms with Crippen molar-refractivity contribution in [2.24, 2.45) is 0 Å². The van der Waals surface area contributed by atoms with Gasteiger partial charge in [0.25, 0.3) is 0 Å². The minimum Gasteiger partial charge on any atom is -0.480 e. The number of carbonyl (C=O) groups is 3. The number of alkyl carbamates (subject to hydrolysis) is 1. The van der Waals surface area contributed by atoms with Crippen LogP contribution in [0.3, 0.4) is 0 Å². The monoisotopic (exact) mass is 476 g/mol. The zero-order chi connectivity index (χ0) is 24.9. The van der Waals surface area contributed by atoms with Crippen molar-refractivity contribution in [2.45, 2.75) is 31.5 Å². The van der Waals surface area contributed by atoms with Crippen LogP contribution in [0.5, 0.6) is 0 Å². The molecule has 0 aromatic heterocycles. The van der Waals surface area contributed by atoms with Crippen LogP contribution in [0.2, 0.25) is 0 Å². The Morgan fingerprint density at radius 3 is 2.15 bits per heavy atom. The summed E-state index contributed by atoms with van der Waals surface area (Å²) in [4.78, 5) is 35.1. The number of halogens is 3.